The number of nitrogens with one attached hydrogen (secondary N) is 1. The molecule has 0 spiro atoms. The number of carbonyl (C=O) groups is 1. The van der Waals surface area contributed by atoms with Gasteiger partial charge in [0.05, 0.1) is 0 Å². The van der Waals surface area contributed by atoms with Crippen LogP contribution in [-0.4, -0.2) is 50.1 Å². The van der Waals surface area contributed by atoms with Crippen molar-refractivity contribution in [1.82, 2.24) is 10.2 Å². The average Bonchev–Trinajstić information content (AvgIpc) is 2.81. The predicted octanol–water partition coefficient (Wildman–Crippen LogP) is 1.25. The van der Waals surface area contributed by atoms with Gasteiger partial charge in [-0.25, -0.2) is 0 Å². The molecule has 2 saturated heterocycles. The molecular weight excluding hydrogens is 250 g/mol. The van der Waals surface area contributed by atoms with Crippen molar-refractivity contribution in [2.45, 2.75) is 13.3 Å². The van der Waals surface area contributed by atoms with E-state index in [-0.39, 0.29) is 5.91 Å². The molecule has 20 heavy (non-hydrogen) atoms. The molecule has 3 rings (SSSR count). The van der Waals surface area contributed by atoms with Crippen LogP contribution in [0.3, 0.4) is 0 Å². The summed E-state index contributed by atoms with van der Waals surface area (Å²) in [5, 5.41) is 3.37. The zero-order chi connectivity index (χ0) is 13.9. The van der Waals surface area contributed by atoms with E-state index in [0.717, 1.165) is 45.0 Å². The SMILES string of the molecule is Cc1ccccc1N1CC(CN2CCNCC2)CC1=O. The number of anilines is 1. The van der Waals surface area contributed by atoms with Crippen molar-refractivity contribution in [2.24, 2.45) is 5.92 Å². The van der Waals surface area contributed by atoms with E-state index in [1.807, 2.05) is 17.0 Å². The number of aryl methyl sites for hydroxylation is 1. The fraction of sp³-hybridized carbons (Fsp3) is 0.562. The van der Waals surface area contributed by atoms with Gasteiger partial charge in [0.25, 0.3) is 0 Å². The molecule has 1 amide bonds. The van der Waals surface area contributed by atoms with Gasteiger partial charge in [-0.2, -0.15) is 0 Å². The topological polar surface area (TPSA) is 35.6 Å². The maximum atomic E-state index is 12.3. The summed E-state index contributed by atoms with van der Waals surface area (Å²) in [5.74, 6) is 0.750. The van der Waals surface area contributed by atoms with E-state index in [4.69, 9.17) is 0 Å². The molecule has 1 aromatic rings. The van der Waals surface area contributed by atoms with Gasteiger partial charge in [-0.3, -0.25) is 4.79 Å². The Balaban J connectivity index is 1.64. The Morgan fingerprint density at radius 1 is 1.25 bits per heavy atom. The largest absolute Gasteiger partial charge is 0.314 e. The summed E-state index contributed by atoms with van der Waals surface area (Å²) in [6.07, 6.45) is 0.693. The Kier molecular flexibility index (Phi) is 4.03. The highest BCUT2D eigenvalue weighted by atomic mass is 16.2. The summed E-state index contributed by atoms with van der Waals surface area (Å²) in [5.41, 5.74) is 2.27. The smallest absolute Gasteiger partial charge is 0.227 e. The number of carbonyl (C=O) groups excluding carboxylic acids is 1. The Morgan fingerprint density at radius 3 is 2.75 bits per heavy atom. The first-order chi connectivity index (χ1) is 9.74. The third-order valence-corrected chi connectivity index (χ3v) is 4.34. The van der Waals surface area contributed by atoms with Crippen molar-refractivity contribution in [3.63, 3.8) is 0 Å². The highest BCUT2D eigenvalue weighted by Gasteiger charge is 2.32. The fourth-order valence-electron chi connectivity index (χ4n) is 3.26. The molecule has 1 unspecified atom stereocenters. The molecule has 2 heterocycles. The van der Waals surface area contributed by atoms with E-state index < -0.39 is 0 Å². The fourth-order valence-corrected chi connectivity index (χ4v) is 3.26. The van der Waals surface area contributed by atoms with Gasteiger partial charge in [0.1, 0.15) is 0 Å². The van der Waals surface area contributed by atoms with Gasteiger partial charge < -0.3 is 15.1 Å². The number of para-hydroxylation sites is 1. The van der Waals surface area contributed by atoms with Gasteiger partial charge in [0.15, 0.2) is 0 Å². The number of nitrogens with zero attached hydrogens (tertiary/aromatic N) is 2. The van der Waals surface area contributed by atoms with E-state index in [2.05, 4.69) is 29.3 Å². The number of hydrogen-bond donors (Lipinski definition) is 1. The summed E-state index contributed by atoms with van der Waals surface area (Å²) >= 11 is 0. The minimum atomic E-state index is 0.277. The zero-order valence-electron chi connectivity index (χ0n) is 12.1. The van der Waals surface area contributed by atoms with Crippen LogP contribution in [0.15, 0.2) is 24.3 Å². The first kappa shape index (κ1) is 13.6. The molecule has 2 fully saturated rings. The minimum Gasteiger partial charge on any atom is -0.314 e. The van der Waals surface area contributed by atoms with Crippen LogP contribution >= 0.6 is 0 Å². The van der Waals surface area contributed by atoms with Crippen LogP contribution < -0.4 is 10.2 Å². The molecule has 1 atom stereocenters. The van der Waals surface area contributed by atoms with Crippen molar-refractivity contribution in [3.8, 4) is 0 Å². The second-order valence-electron chi connectivity index (χ2n) is 5.91. The minimum absolute atomic E-state index is 0.277. The van der Waals surface area contributed by atoms with Crippen molar-refractivity contribution in [3.05, 3.63) is 29.8 Å². The highest BCUT2D eigenvalue weighted by Crippen LogP contribution is 2.28. The Labute approximate surface area is 120 Å². The van der Waals surface area contributed by atoms with Crippen LogP contribution in [0.5, 0.6) is 0 Å². The summed E-state index contributed by atoms with van der Waals surface area (Å²) in [6.45, 7) is 8.35. The lowest BCUT2D eigenvalue weighted by Crippen LogP contribution is -2.45. The molecule has 1 N–H and O–H groups in total. The number of amides is 1. The summed E-state index contributed by atoms with van der Waals surface area (Å²) < 4.78 is 0. The molecule has 4 nitrogen and oxygen atoms in total. The van der Waals surface area contributed by atoms with Gasteiger partial charge >= 0.3 is 0 Å². The van der Waals surface area contributed by atoms with Gasteiger partial charge in [-0.05, 0) is 24.5 Å². The molecule has 0 aliphatic carbocycles. The summed E-state index contributed by atoms with van der Waals surface area (Å²) in [4.78, 5) is 16.7. The lowest BCUT2D eigenvalue weighted by Gasteiger charge is -2.29. The van der Waals surface area contributed by atoms with E-state index >= 15 is 0 Å². The normalized spacial score (nSPS) is 24.4. The third kappa shape index (κ3) is 2.86. The lowest BCUT2D eigenvalue weighted by molar-refractivity contribution is -0.117. The molecule has 0 aromatic heterocycles. The maximum Gasteiger partial charge on any atom is 0.227 e. The number of benzene rings is 1. The molecule has 0 radical (unpaired) electrons. The van der Waals surface area contributed by atoms with E-state index in [1.165, 1.54) is 5.56 Å². The molecule has 2 aliphatic rings. The lowest BCUT2D eigenvalue weighted by atomic mass is 10.1. The number of piperazine rings is 1. The number of hydrogen-bond acceptors (Lipinski definition) is 3. The first-order valence-corrected chi connectivity index (χ1v) is 7.53. The molecule has 4 heteroatoms. The van der Waals surface area contributed by atoms with Gasteiger partial charge in [0.2, 0.25) is 5.91 Å². The van der Waals surface area contributed by atoms with Crippen LogP contribution in [0.4, 0.5) is 5.69 Å². The summed E-state index contributed by atoms with van der Waals surface area (Å²) in [7, 11) is 0. The standard InChI is InChI=1S/C16H23N3O/c1-13-4-2-3-5-15(13)19-12-14(10-16(19)20)11-18-8-6-17-7-9-18/h2-5,14,17H,6-12H2,1H3. The Morgan fingerprint density at radius 2 is 2.00 bits per heavy atom. The zero-order valence-corrected chi connectivity index (χ0v) is 12.1. The maximum absolute atomic E-state index is 12.3. The Bertz CT molecular complexity index is 482. The van der Waals surface area contributed by atoms with E-state index in [1.54, 1.807) is 0 Å². The molecular formula is C16H23N3O. The van der Waals surface area contributed by atoms with Crippen LogP contribution in [0, 0.1) is 12.8 Å². The predicted molar refractivity (Wildman–Crippen MR) is 80.9 cm³/mol. The number of rotatable bonds is 3. The summed E-state index contributed by atoms with van der Waals surface area (Å²) in [6, 6.07) is 8.17. The van der Waals surface area contributed by atoms with Crippen LogP contribution in [0.2, 0.25) is 0 Å². The molecule has 108 valence electrons. The average molecular weight is 273 g/mol. The molecule has 0 saturated carbocycles. The molecule has 0 bridgehead atoms. The second-order valence-corrected chi connectivity index (χ2v) is 5.91. The Hall–Kier alpha value is -1.39. The monoisotopic (exact) mass is 273 g/mol. The second kappa shape index (κ2) is 5.94. The quantitative estimate of drug-likeness (QED) is 0.900. The van der Waals surface area contributed by atoms with Crippen molar-refractivity contribution in [2.75, 3.05) is 44.2 Å². The van der Waals surface area contributed by atoms with Gasteiger partial charge in [0, 0.05) is 51.4 Å². The van der Waals surface area contributed by atoms with E-state index in [9.17, 15) is 4.79 Å². The van der Waals surface area contributed by atoms with Gasteiger partial charge in [-0.1, -0.05) is 18.2 Å². The van der Waals surface area contributed by atoms with Crippen molar-refractivity contribution < 1.29 is 4.79 Å². The first-order valence-electron chi connectivity index (χ1n) is 7.53. The van der Waals surface area contributed by atoms with E-state index in [0.29, 0.717) is 12.3 Å². The third-order valence-electron chi connectivity index (χ3n) is 4.34. The van der Waals surface area contributed by atoms with Crippen LogP contribution in [0.25, 0.3) is 0 Å². The highest BCUT2D eigenvalue weighted by molar-refractivity contribution is 5.96. The van der Waals surface area contributed by atoms with Crippen LogP contribution in [0.1, 0.15) is 12.0 Å². The van der Waals surface area contributed by atoms with Crippen molar-refractivity contribution in [1.29, 1.82) is 0 Å². The van der Waals surface area contributed by atoms with Gasteiger partial charge in [-0.15, -0.1) is 0 Å². The molecule has 1 aromatic carbocycles. The van der Waals surface area contributed by atoms with Crippen LogP contribution in [-0.2, 0) is 4.79 Å². The van der Waals surface area contributed by atoms with Crippen molar-refractivity contribution >= 4 is 11.6 Å². The molecule has 2 aliphatic heterocycles.